The van der Waals surface area contributed by atoms with Crippen LogP contribution < -0.4 is 5.32 Å². The van der Waals surface area contributed by atoms with Crippen molar-refractivity contribution < 1.29 is 4.74 Å². The van der Waals surface area contributed by atoms with Crippen molar-refractivity contribution in [2.45, 2.75) is 39.2 Å². The van der Waals surface area contributed by atoms with E-state index in [-0.39, 0.29) is 0 Å². The van der Waals surface area contributed by atoms with E-state index >= 15 is 0 Å². The van der Waals surface area contributed by atoms with Crippen molar-refractivity contribution in [2.75, 3.05) is 19.7 Å². The summed E-state index contributed by atoms with van der Waals surface area (Å²) in [4.78, 5) is 0. The minimum absolute atomic E-state index is 0.575. The number of rotatable bonds is 8. The molecule has 0 amide bonds. The molecule has 2 heteroatoms. The molecule has 1 fully saturated rings. The summed E-state index contributed by atoms with van der Waals surface area (Å²) in [5.41, 5.74) is 2.69. The van der Waals surface area contributed by atoms with Crippen LogP contribution in [0.25, 0.3) is 0 Å². The molecule has 1 aliphatic rings. The first-order valence-corrected chi connectivity index (χ1v) is 7.17. The fourth-order valence-corrected chi connectivity index (χ4v) is 2.05. The van der Waals surface area contributed by atoms with Gasteiger partial charge in [-0.05, 0) is 42.3 Å². The molecule has 1 N–H and O–H groups in total. The number of likely N-dealkylation sites (N-methyl/N-ethyl adjacent to an activating group) is 1. The second kappa shape index (κ2) is 6.91. The van der Waals surface area contributed by atoms with Crippen LogP contribution in [0.4, 0.5) is 0 Å². The highest BCUT2D eigenvalue weighted by Crippen LogP contribution is 2.29. The zero-order valence-electron chi connectivity index (χ0n) is 11.6. The van der Waals surface area contributed by atoms with E-state index in [4.69, 9.17) is 4.74 Å². The molecular weight excluding hydrogens is 222 g/mol. The summed E-state index contributed by atoms with van der Waals surface area (Å²) in [7, 11) is 0. The zero-order valence-corrected chi connectivity index (χ0v) is 11.6. The summed E-state index contributed by atoms with van der Waals surface area (Å²) >= 11 is 0. The van der Waals surface area contributed by atoms with Gasteiger partial charge in [-0.15, -0.1) is 0 Å². The normalized spacial score (nSPS) is 16.8. The third kappa shape index (κ3) is 4.43. The molecule has 2 nitrogen and oxygen atoms in total. The third-order valence-electron chi connectivity index (χ3n) is 3.57. The SMILES string of the molecule is CCNCC(C)c1ccc(COCC2CC2)cc1. The highest BCUT2D eigenvalue weighted by molar-refractivity contribution is 5.24. The van der Waals surface area contributed by atoms with E-state index in [1.54, 1.807) is 0 Å². The van der Waals surface area contributed by atoms with Crippen LogP contribution >= 0.6 is 0 Å². The average molecular weight is 247 g/mol. The molecule has 0 radical (unpaired) electrons. The number of ether oxygens (including phenoxy) is 1. The molecule has 100 valence electrons. The van der Waals surface area contributed by atoms with Gasteiger partial charge >= 0.3 is 0 Å². The molecule has 0 saturated heterocycles. The second-order valence-corrected chi connectivity index (χ2v) is 5.41. The smallest absolute Gasteiger partial charge is 0.0717 e. The van der Waals surface area contributed by atoms with Crippen molar-refractivity contribution >= 4 is 0 Å². The highest BCUT2D eigenvalue weighted by Gasteiger charge is 2.20. The molecule has 1 aliphatic carbocycles. The van der Waals surface area contributed by atoms with Gasteiger partial charge in [0, 0.05) is 13.2 Å². The predicted molar refractivity (Wildman–Crippen MR) is 75.8 cm³/mol. The summed E-state index contributed by atoms with van der Waals surface area (Å²) in [6, 6.07) is 8.87. The van der Waals surface area contributed by atoms with Crippen LogP contribution in [0.1, 0.15) is 43.7 Å². The van der Waals surface area contributed by atoms with Gasteiger partial charge in [-0.3, -0.25) is 0 Å². The molecule has 18 heavy (non-hydrogen) atoms. The quantitative estimate of drug-likeness (QED) is 0.761. The predicted octanol–water partition coefficient (Wildman–Crippen LogP) is 3.33. The maximum absolute atomic E-state index is 5.70. The van der Waals surface area contributed by atoms with Crippen molar-refractivity contribution in [2.24, 2.45) is 5.92 Å². The number of nitrogens with one attached hydrogen (secondary N) is 1. The Balaban J connectivity index is 1.76. The molecular formula is C16H25NO. The lowest BCUT2D eigenvalue weighted by atomic mass is 10.00. The highest BCUT2D eigenvalue weighted by atomic mass is 16.5. The second-order valence-electron chi connectivity index (χ2n) is 5.41. The van der Waals surface area contributed by atoms with Gasteiger partial charge in [0.05, 0.1) is 6.61 Å². The van der Waals surface area contributed by atoms with E-state index in [0.29, 0.717) is 5.92 Å². The molecule has 1 unspecified atom stereocenters. The number of benzene rings is 1. The molecule has 1 aromatic rings. The topological polar surface area (TPSA) is 21.3 Å². The Labute approximate surface area is 111 Å². The minimum Gasteiger partial charge on any atom is -0.376 e. The average Bonchev–Trinajstić information content (AvgIpc) is 3.21. The van der Waals surface area contributed by atoms with Crippen molar-refractivity contribution in [3.05, 3.63) is 35.4 Å². The van der Waals surface area contributed by atoms with Crippen LogP contribution in [0.5, 0.6) is 0 Å². The van der Waals surface area contributed by atoms with E-state index in [1.807, 2.05) is 0 Å². The minimum atomic E-state index is 0.575. The fraction of sp³-hybridized carbons (Fsp3) is 0.625. The van der Waals surface area contributed by atoms with Gasteiger partial charge in [-0.25, -0.2) is 0 Å². The standard InChI is InChI=1S/C16H25NO/c1-3-17-10-13(2)16-8-6-15(7-9-16)12-18-11-14-4-5-14/h6-9,13-14,17H,3-5,10-12H2,1-2H3. The lowest BCUT2D eigenvalue weighted by Crippen LogP contribution is -2.19. The fourth-order valence-electron chi connectivity index (χ4n) is 2.05. The molecule has 1 saturated carbocycles. The zero-order chi connectivity index (χ0) is 12.8. The van der Waals surface area contributed by atoms with Crippen LogP contribution in [0, 0.1) is 5.92 Å². The third-order valence-corrected chi connectivity index (χ3v) is 3.57. The molecule has 0 aromatic heterocycles. The van der Waals surface area contributed by atoms with Crippen molar-refractivity contribution in [3.8, 4) is 0 Å². The van der Waals surface area contributed by atoms with Crippen LogP contribution in [0.15, 0.2) is 24.3 Å². The number of hydrogen-bond donors (Lipinski definition) is 1. The summed E-state index contributed by atoms with van der Waals surface area (Å²) in [5, 5.41) is 3.39. The van der Waals surface area contributed by atoms with Gasteiger partial charge in [-0.1, -0.05) is 38.1 Å². The van der Waals surface area contributed by atoms with Gasteiger partial charge in [0.1, 0.15) is 0 Å². The van der Waals surface area contributed by atoms with Gasteiger partial charge < -0.3 is 10.1 Å². The summed E-state index contributed by atoms with van der Waals surface area (Å²) in [5.74, 6) is 1.43. The molecule has 1 atom stereocenters. The van der Waals surface area contributed by atoms with Crippen molar-refractivity contribution in [1.29, 1.82) is 0 Å². The van der Waals surface area contributed by atoms with Gasteiger partial charge in [-0.2, -0.15) is 0 Å². The summed E-state index contributed by atoms with van der Waals surface area (Å²) < 4.78 is 5.70. The first-order valence-electron chi connectivity index (χ1n) is 7.17. The number of hydrogen-bond acceptors (Lipinski definition) is 2. The largest absolute Gasteiger partial charge is 0.376 e. The van der Waals surface area contributed by atoms with Gasteiger partial charge in [0.25, 0.3) is 0 Å². The first-order chi connectivity index (χ1) is 8.79. The van der Waals surface area contributed by atoms with E-state index in [9.17, 15) is 0 Å². The molecule has 0 bridgehead atoms. The maximum atomic E-state index is 5.70. The van der Waals surface area contributed by atoms with Crippen LogP contribution in [-0.4, -0.2) is 19.7 Å². The van der Waals surface area contributed by atoms with Crippen molar-refractivity contribution in [3.63, 3.8) is 0 Å². The van der Waals surface area contributed by atoms with E-state index in [2.05, 4.69) is 43.4 Å². The Morgan fingerprint density at radius 3 is 2.61 bits per heavy atom. The molecule has 2 rings (SSSR count). The van der Waals surface area contributed by atoms with Gasteiger partial charge in [0.15, 0.2) is 0 Å². The molecule has 0 spiro atoms. The lowest BCUT2D eigenvalue weighted by Gasteiger charge is -2.13. The molecule has 0 aliphatic heterocycles. The lowest BCUT2D eigenvalue weighted by molar-refractivity contribution is 0.111. The Bertz CT molecular complexity index is 343. The molecule has 1 aromatic carbocycles. The van der Waals surface area contributed by atoms with E-state index in [1.165, 1.54) is 24.0 Å². The Kier molecular flexibility index (Phi) is 5.21. The molecule has 0 heterocycles. The van der Waals surface area contributed by atoms with Gasteiger partial charge in [0.2, 0.25) is 0 Å². The van der Waals surface area contributed by atoms with Crippen LogP contribution in [-0.2, 0) is 11.3 Å². The maximum Gasteiger partial charge on any atom is 0.0717 e. The van der Waals surface area contributed by atoms with Crippen LogP contribution in [0.3, 0.4) is 0 Å². The van der Waals surface area contributed by atoms with Crippen LogP contribution in [0.2, 0.25) is 0 Å². The van der Waals surface area contributed by atoms with Crippen molar-refractivity contribution in [1.82, 2.24) is 5.32 Å². The monoisotopic (exact) mass is 247 g/mol. The van der Waals surface area contributed by atoms with E-state index < -0.39 is 0 Å². The Morgan fingerprint density at radius 1 is 1.28 bits per heavy atom. The first kappa shape index (κ1) is 13.6. The Morgan fingerprint density at radius 2 is 2.00 bits per heavy atom. The summed E-state index contributed by atoms with van der Waals surface area (Å²) in [6.45, 7) is 8.21. The Hall–Kier alpha value is -0.860. The summed E-state index contributed by atoms with van der Waals surface area (Å²) in [6.07, 6.45) is 2.72. The van der Waals surface area contributed by atoms with E-state index in [0.717, 1.165) is 32.2 Å².